The van der Waals surface area contributed by atoms with Gasteiger partial charge >= 0.3 is 0 Å². The van der Waals surface area contributed by atoms with Gasteiger partial charge in [0.2, 0.25) is 0 Å². The predicted molar refractivity (Wildman–Crippen MR) is 64.1 cm³/mol. The lowest BCUT2D eigenvalue weighted by atomic mass is 10.1. The number of thiophene rings is 1. The average Bonchev–Trinajstić information content (AvgIpc) is 2.70. The van der Waals surface area contributed by atoms with E-state index in [2.05, 4.69) is 37.4 Å². The Labute approximate surface area is 86.4 Å². The average molecular weight is 206 g/mol. The Bertz CT molecular complexity index is 371. The van der Waals surface area contributed by atoms with Gasteiger partial charge in [0.25, 0.3) is 0 Å². The maximum Gasteiger partial charge on any atom is 0.0349 e. The normalized spacial score (nSPS) is 22.6. The molecule has 13 heavy (non-hydrogen) atoms. The van der Waals surface area contributed by atoms with Crippen LogP contribution >= 0.6 is 11.3 Å². The Morgan fingerprint density at radius 1 is 1.46 bits per heavy atom. The molecule has 1 aliphatic carbocycles. The van der Waals surface area contributed by atoms with Crippen molar-refractivity contribution in [3.05, 3.63) is 39.2 Å². The molecule has 68 valence electrons. The zero-order valence-electron chi connectivity index (χ0n) is 8.29. The summed E-state index contributed by atoms with van der Waals surface area (Å²) in [4.78, 5) is 1.44. The van der Waals surface area contributed by atoms with Crippen LogP contribution in [0, 0.1) is 5.92 Å². The van der Waals surface area contributed by atoms with Gasteiger partial charge in [-0.1, -0.05) is 29.8 Å². The summed E-state index contributed by atoms with van der Waals surface area (Å²) in [5, 5.41) is 3.81. The molecule has 0 radical (unpaired) electrons. The third kappa shape index (κ3) is 1.44. The van der Waals surface area contributed by atoms with Crippen LogP contribution in [0.3, 0.4) is 0 Å². The number of rotatable bonds is 1. The Morgan fingerprint density at radius 2 is 2.23 bits per heavy atom. The quantitative estimate of drug-likeness (QED) is 0.619. The fourth-order valence-electron chi connectivity index (χ4n) is 1.74. The van der Waals surface area contributed by atoms with Gasteiger partial charge in [-0.3, -0.25) is 0 Å². The molecule has 0 aromatic carbocycles. The van der Waals surface area contributed by atoms with Crippen LogP contribution in [-0.4, -0.2) is 10.2 Å². The number of allylic oxidation sites excluding steroid dienone is 4. The second kappa shape index (κ2) is 3.27. The fourth-order valence-corrected chi connectivity index (χ4v) is 3.60. The zero-order valence-corrected chi connectivity index (χ0v) is 11.1. The second-order valence-electron chi connectivity index (χ2n) is 3.68. The Hall–Kier alpha value is -0.603. The standard InChI is InChI=1S/C11H14SSi/c1-7-6-9(11(13)8(7)2)10-4-3-5-12-10/h3-6,8H,1-2,13H3. The summed E-state index contributed by atoms with van der Waals surface area (Å²) >= 11 is 1.85. The molecule has 2 rings (SSSR count). The molecule has 1 aliphatic rings. The van der Waals surface area contributed by atoms with E-state index in [4.69, 9.17) is 0 Å². The van der Waals surface area contributed by atoms with Gasteiger partial charge in [0.15, 0.2) is 0 Å². The molecule has 0 amide bonds. The van der Waals surface area contributed by atoms with Crippen molar-refractivity contribution in [2.24, 2.45) is 5.92 Å². The maximum absolute atomic E-state index is 2.36. The van der Waals surface area contributed by atoms with Crippen LogP contribution in [0.2, 0.25) is 0 Å². The molecule has 1 heterocycles. The number of hydrogen-bond donors (Lipinski definition) is 0. The van der Waals surface area contributed by atoms with Crippen molar-refractivity contribution in [1.82, 2.24) is 0 Å². The first-order chi connectivity index (χ1) is 6.20. The van der Waals surface area contributed by atoms with Crippen LogP contribution in [0.5, 0.6) is 0 Å². The van der Waals surface area contributed by atoms with Crippen LogP contribution in [0.15, 0.2) is 34.4 Å². The van der Waals surface area contributed by atoms with E-state index >= 15 is 0 Å². The first-order valence-electron chi connectivity index (χ1n) is 4.63. The molecule has 1 atom stereocenters. The highest BCUT2D eigenvalue weighted by atomic mass is 32.1. The van der Waals surface area contributed by atoms with E-state index in [1.54, 1.807) is 5.20 Å². The second-order valence-corrected chi connectivity index (χ2v) is 5.71. The molecule has 1 aromatic rings. The van der Waals surface area contributed by atoms with E-state index in [9.17, 15) is 0 Å². The van der Waals surface area contributed by atoms with Gasteiger partial charge in [0.1, 0.15) is 0 Å². The largest absolute Gasteiger partial charge is 0.144 e. The topological polar surface area (TPSA) is 0 Å². The third-order valence-corrected chi connectivity index (χ3v) is 5.22. The molecular formula is C11H14SSi. The van der Waals surface area contributed by atoms with Crippen LogP contribution in [0.25, 0.3) is 5.57 Å². The van der Waals surface area contributed by atoms with Gasteiger partial charge in [-0.25, -0.2) is 0 Å². The van der Waals surface area contributed by atoms with Crippen molar-refractivity contribution >= 4 is 27.2 Å². The van der Waals surface area contributed by atoms with E-state index in [-0.39, 0.29) is 0 Å². The highest BCUT2D eigenvalue weighted by Gasteiger charge is 2.18. The Kier molecular flexibility index (Phi) is 2.26. The lowest BCUT2D eigenvalue weighted by Gasteiger charge is -2.06. The summed E-state index contributed by atoms with van der Waals surface area (Å²) in [6.45, 7) is 4.55. The monoisotopic (exact) mass is 206 g/mol. The molecular weight excluding hydrogens is 192 g/mol. The smallest absolute Gasteiger partial charge is 0.0349 e. The van der Waals surface area contributed by atoms with Gasteiger partial charge in [0.05, 0.1) is 0 Å². The van der Waals surface area contributed by atoms with Crippen LogP contribution in [-0.2, 0) is 0 Å². The highest BCUT2D eigenvalue weighted by Crippen LogP contribution is 2.36. The minimum absolute atomic E-state index is 0.698. The summed E-state index contributed by atoms with van der Waals surface area (Å²) in [5.74, 6) is 0.698. The van der Waals surface area contributed by atoms with Crippen molar-refractivity contribution < 1.29 is 0 Å². The molecule has 0 saturated heterocycles. The lowest BCUT2D eigenvalue weighted by Crippen LogP contribution is -1.96. The van der Waals surface area contributed by atoms with Crippen molar-refractivity contribution in [1.29, 1.82) is 0 Å². The molecule has 0 aliphatic heterocycles. The van der Waals surface area contributed by atoms with E-state index in [0.717, 1.165) is 0 Å². The summed E-state index contributed by atoms with van der Waals surface area (Å²) in [6.07, 6.45) is 2.36. The Morgan fingerprint density at radius 3 is 2.69 bits per heavy atom. The molecule has 1 unspecified atom stereocenters. The van der Waals surface area contributed by atoms with Gasteiger partial charge in [-0.05, 0) is 29.9 Å². The minimum Gasteiger partial charge on any atom is -0.144 e. The molecule has 0 saturated carbocycles. The minimum atomic E-state index is 0.698. The summed E-state index contributed by atoms with van der Waals surface area (Å²) in [7, 11) is 1.19. The van der Waals surface area contributed by atoms with Crippen LogP contribution in [0.4, 0.5) is 0 Å². The van der Waals surface area contributed by atoms with Gasteiger partial charge in [0, 0.05) is 15.1 Å². The molecule has 1 aromatic heterocycles. The summed E-state index contributed by atoms with van der Waals surface area (Å²) in [6, 6.07) is 4.35. The van der Waals surface area contributed by atoms with E-state index < -0.39 is 0 Å². The van der Waals surface area contributed by atoms with Crippen LogP contribution < -0.4 is 0 Å². The third-order valence-electron chi connectivity index (χ3n) is 2.92. The van der Waals surface area contributed by atoms with Gasteiger partial charge in [-0.2, -0.15) is 0 Å². The predicted octanol–water partition coefficient (Wildman–Crippen LogP) is 2.42. The Balaban J connectivity index is 2.46. The first kappa shape index (κ1) is 8.97. The molecule has 0 bridgehead atoms. The molecule has 0 N–H and O–H groups in total. The zero-order chi connectivity index (χ0) is 9.42. The van der Waals surface area contributed by atoms with E-state index in [0.29, 0.717) is 5.92 Å². The van der Waals surface area contributed by atoms with Gasteiger partial charge < -0.3 is 0 Å². The van der Waals surface area contributed by atoms with E-state index in [1.807, 2.05) is 11.3 Å². The molecule has 0 spiro atoms. The summed E-state index contributed by atoms with van der Waals surface area (Å²) < 4.78 is 0. The fraction of sp³-hybridized carbons (Fsp3) is 0.273. The van der Waals surface area contributed by atoms with Gasteiger partial charge in [-0.15, -0.1) is 11.3 Å². The van der Waals surface area contributed by atoms with E-state index in [1.165, 1.54) is 26.3 Å². The molecule has 2 heteroatoms. The van der Waals surface area contributed by atoms with Crippen molar-refractivity contribution in [2.45, 2.75) is 13.8 Å². The van der Waals surface area contributed by atoms with Crippen molar-refractivity contribution in [2.75, 3.05) is 0 Å². The highest BCUT2D eigenvalue weighted by molar-refractivity contribution is 7.11. The van der Waals surface area contributed by atoms with Crippen molar-refractivity contribution in [3.8, 4) is 0 Å². The maximum atomic E-state index is 2.36. The lowest BCUT2D eigenvalue weighted by molar-refractivity contribution is 0.865. The molecule has 0 nitrogen and oxygen atoms in total. The van der Waals surface area contributed by atoms with Crippen LogP contribution in [0.1, 0.15) is 18.7 Å². The summed E-state index contributed by atoms with van der Waals surface area (Å²) in [5.41, 5.74) is 3.03. The number of hydrogen-bond acceptors (Lipinski definition) is 1. The van der Waals surface area contributed by atoms with Crippen molar-refractivity contribution in [3.63, 3.8) is 0 Å². The molecule has 0 fully saturated rings. The SMILES string of the molecule is CC1=CC(c2cccs2)=C([SiH3])C1C. The first-order valence-corrected chi connectivity index (χ1v) is 6.51.